The van der Waals surface area contributed by atoms with Gasteiger partial charge in [-0.1, -0.05) is 18.2 Å². The van der Waals surface area contributed by atoms with Crippen molar-refractivity contribution in [3.05, 3.63) is 58.6 Å². The number of methoxy groups -OCH3 is 1. The summed E-state index contributed by atoms with van der Waals surface area (Å²) in [7, 11) is 1.55. The highest BCUT2D eigenvalue weighted by Crippen LogP contribution is 2.36. The molecule has 1 aliphatic heterocycles. The monoisotopic (exact) mass is 591 g/mol. The first-order valence-corrected chi connectivity index (χ1v) is 12.6. The van der Waals surface area contributed by atoms with E-state index in [9.17, 15) is 14.0 Å². The fourth-order valence-electron chi connectivity index (χ4n) is 4.02. The smallest absolute Gasteiger partial charge is 0.247 e. The second-order valence-electron chi connectivity index (χ2n) is 8.16. The van der Waals surface area contributed by atoms with Crippen LogP contribution in [0.5, 0.6) is 5.75 Å². The Kier molecular flexibility index (Phi) is 8.57. The summed E-state index contributed by atoms with van der Waals surface area (Å²) in [5.74, 6) is -0.654. The van der Waals surface area contributed by atoms with E-state index in [1.165, 1.54) is 23.4 Å². The molecule has 194 valence electrons. The van der Waals surface area contributed by atoms with Crippen LogP contribution >= 0.6 is 27.5 Å². The number of amides is 2. The van der Waals surface area contributed by atoms with Gasteiger partial charge in [0.15, 0.2) is 5.82 Å². The Morgan fingerprint density at radius 1 is 1.30 bits per heavy atom. The van der Waals surface area contributed by atoms with Crippen molar-refractivity contribution in [2.75, 3.05) is 37.5 Å². The van der Waals surface area contributed by atoms with Crippen molar-refractivity contribution in [3.63, 3.8) is 0 Å². The highest BCUT2D eigenvalue weighted by Gasteiger charge is 2.33. The van der Waals surface area contributed by atoms with E-state index < -0.39 is 11.9 Å². The molecule has 4 rings (SSSR count). The van der Waals surface area contributed by atoms with Crippen LogP contribution in [-0.4, -0.2) is 59.6 Å². The number of hydrogen-bond donors (Lipinski definition) is 2. The maximum atomic E-state index is 14.7. The van der Waals surface area contributed by atoms with Gasteiger partial charge >= 0.3 is 0 Å². The highest BCUT2D eigenvalue weighted by atomic mass is 79.9. The van der Waals surface area contributed by atoms with Crippen LogP contribution in [0.2, 0.25) is 5.02 Å². The van der Waals surface area contributed by atoms with Crippen LogP contribution in [0.3, 0.4) is 0 Å². The molecule has 2 aromatic carbocycles. The third-order valence-electron chi connectivity index (χ3n) is 5.84. The van der Waals surface area contributed by atoms with Crippen LogP contribution in [0.1, 0.15) is 12.8 Å². The Balaban J connectivity index is 1.71. The summed E-state index contributed by atoms with van der Waals surface area (Å²) in [6.07, 6.45) is 3.76. The molecule has 0 aliphatic carbocycles. The number of aromatic nitrogens is 2. The summed E-state index contributed by atoms with van der Waals surface area (Å²) >= 11 is 9.23. The standard InChI is InChI=1S/C25H24BrClFN5O4/c1-3-21(34)33-8-4-5-19(33)25(35)32-18-11-14-17(12-20(18)37-10-9-36-2)29-13-30-24(14)31-16-7-6-15(26)22(27)23(16)28/h3,6-7,11-13,19H,1,4-5,8-10H2,2H3,(H,32,35)(H,29,30,31)/t19-/m0/s1. The molecule has 37 heavy (non-hydrogen) atoms. The SMILES string of the molecule is C=CC(=O)N1CCC[C@H]1C(=O)Nc1cc2c(Nc3ccc(Br)c(Cl)c3F)ncnc2cc1OCCOC. The number of nitrogens with zero attached hydrogens (tertiary/aromatic N) is 3. The van der Waals surface area contributed by atoms with Crippen LogP contribution in [0.25, 0.3) is 10.9 Å². The summed E-state index contributed by atoms with van der Waals surface area (Å²) in [5.41, 5.74) is 0.957. The zero-order chi connectivity index (χ0) is 26.5. The van der Waals surface area contributed by atoms with Crippen LogP contribution < -0.4 is 15.4 Å². The molecular weight excluding hydrogens is 569 g/mol. The third-order valence-corrected chi connectivity index (χ3v) is 7.10. The maximum Gasteiger partial charge on any atom is 0.247 e. The molecule has 0 unspecified atom stereocenters. The molecule has 2 heterocycles. The molecule has 1 saturated heterocycles. The molecule has 0 saturated carbocycles. The quantitative estimate of drug-likeness (QED) is 0.203. The lowest BCUT2D eigenvalue weighted by molar-refractivity contribution is -0.132. The molecule has 9 nitrogen and oxygen atoms in total. The molecule has 1 atom stereocenters. The summed E-state index contributed by atoms with van der Waals surface area (Å²) < 4.78 is 26.1. The number of rotatable bonds is 9. The zero-order valence-electron chi connectivity index (χ0n) is 19.9. The molecule has 1 fully saturated rings. The minimum absolute atomic E-state index is 0.0691. The number of fused-ring (bicyclic) bond motifs is 1. The van der Waals surface area contributed by atoms with Crippen LogP contribution in [0, 0.1) is 5.82 Å². The third kappa shape index (κ3) is 5.84. The predicted octanol–water partition coefficient (Wildman–Crippen LogP) is 5.07. The van der Waals surface area contributed by atoms with Crippen LogP contribution in [0.4, 0.5) is 21.6 Å². The second-order valence-corrected chi connectivity index (χ2v) is 9.39. The van der Waals surface area contributed by atoms with E-state index in [-0.39, 0.29) is 29.1 Å². The van der Waals surface area contributed by atoms with Gasteiger partial charge in [-0.05, 0) is 53.0 Å². The normalized spacial score (nSPS) is 15.0. The van der Waals surface area contributed by atoms with Crippen molar-refractivity contribution in [3.8, 4) is 5.75 Å². The number of anilines is 3. The van der Waals surface area contributed by atoms with Crippen molar-refractivity contribution >= 4 is 67.4 Å². The Morgan fingerprint density at radius 2 is 2.11 bits per heavy atom. The molecule has 3 aromatic rings. The first-order valence-electron chi connectivity index (χ1n) is 11.4. The van der Waals surface area contributed by atoms with E-state index in [4.69, 9.17) is 21.1 Å². The van der Waals surface area contributed by atoms with Crippen molar-refractivity contribution in [2.45, 2.75) is 18.9 Å². The highest BCUT2D eigenvalue weighted by molar-refractivity contribution is 9.10. The molecule has 2 amide bonds. The minimum Gasteiger partial charge on any atom is -0.489 e. The van der Waals surface area contributed by atoms with Gasteiger partial charge in [-0.3, -0.25) is 9.59 Å². The molecular formula is C25H24BrClFN5O4. The number of nitrogens with one attached hydrogen (secondary N) is 2. The first-order chi connectivity index (χ1) is 17.8. The van der Waals surface area contributed by atoms with Gasteiger partial charge in [-0.2, -0.15) is 0 Å². The van der Waals surface area contributed by atoms with Gasteiger partial charge < -0.3 is 25.0 Å². The summed E-state index contributed by atoms with van der Waals surface area (Å²) in [5, 5.41) is 6.26. The summed E-state index contributed by atoms with van der Waals surface area (Å²) in [6.45, 7) is 4.55. The van der Waals surface area contributed by atoms with Crippen molar-refractivity contribution in [1.29, 1.82) is 0 Å². The largest absolute Gasteiger partial charge is 0.489 e. The van der Waals surface area contributed by atoms with Crippen molar-refractivity contribution < 1.29 is 23.5 Å². The number of likely N-dealkylation sites (tertiary alicyclic amines) is 1. The fraction of sp³-hybridized carbons (Fsp3) is 0.280. The second kappa shape index (κ2) is 11.8. The Bertz CT molecular complexity index is 1360. The van der Waals surface area contributed by atoms with E-state index in [1.807, 2.05) is 0 Å². The maximum absolute atomic E-state index is 14.7. The molecule has 1 aromatic heterocycles. The Morgan fingerprint density at radius 3 is 2.86 bits per heavy atom. The molecule has 1 aliphatic rings. The number of halogens is 3. The molecule has 0 radical (unpaired) electrons. The minimum atomic E-state index is -0.649. The lowest BCUT2D eigenvalue weighted by atomic mass is 10.1. The topological polar surface area (TPSA) is 106 Å². The van der Waals surface area contributed by atoms with Gasteiger partial charge in [-0.15, -0.1) is 0 Å². The first kappa shape index (κ1) is 26.8. The van der Waals surface area contributed by atoms with Crippen LogP contribution in [-0.2, 0) is 14.3 Å². The average Bonchev–Trinajstić information content (AvgIpc) is 3.39. The number of benzene rings is 2. The zero-order valence-corrected chi connectivity index (χ0v) is 22.2. The number of carbonyl (C=O) groups is 2. The molecule has 0 bridgehead atoms. The van der Waals surface area contributed by atoms with Crippen LogP contribution in [0.15, 0.2) is 47.7 Å². The number of carbonyl (C=O) groups excluding carboxylic acids is 2. The van der Waals surface area contributed by atoms with E-state index in [0.29, 0.717) is 58.6 Å². The predicted molar refractivity (Wildman–Crippen MR) is 143 cm³/mol. The van der Waals surface area contributed by atoms with Crippen molar-refractivity contribution in [1.82, 2.24) is 14.9 Å². The van der Waals surface area contributed by atoms with Gasteiger partial charge in [0, 0.05) is 29.6 Å². The average molecular weight is 593 g/mol. The van der Waals surface area contributed by atoms with E-state index in [2.05, 4.69) is 43.1 Å². The number of hydrogen-bond acceptors (Lipinski definition) is 7. The van der Waals surface area contributed by atoms with Gasteiger partial charge in [-0.25, -0.2) is 14.4 Å². The van der Waals surface area contributed by atoms with E-state index >= 15 is 0 Å². The van der Waals surface area contributed by atoms with Gasteiger partial charge in [0.25, 0.3) is 0 Å². The summed E-state index contributed by atoms with van der Waals surface area (Å²) in [4.78, 5) is 35.5. The fourth-order valence-corrected chi connectivity index (χ4v) is 4.49. The molecule has 2 N–H and O–H groups in total. The summed E-state index contributed by atoms with van der Waals surface area (Å²) in [6, 6.07) is 5.79. The Labute approximate surface area is 226 Å². The van der Waals surface area contributed by atoms with Gasteiger partial charge in [0.1, 0.15) is 30.5 Å². The Hall–Kier alpha value is -3.28. The molecule has 12 heteroatoms. The lowest BCUT2D eigenvalue weighted by Gasteiger charge is -2.23. The number of ether oxygens (including phenoxy) is 2. The molecule has 0 spiro atoms. The van der Waals surface area contributed by atoms with E-state index in [0.717, 1.165) is 0 Å². The lowest BCUT2D eigenvalue weighted by Crippen LogP contribution is -2.42. The van der Waals surface area contributed by atoms with Gasteiger partial charge in [0.05, 0.1) is 28.5 Å². The van der Waals surface area contributed by atoms with Gasteiger partial charge in [0.2, 0.25) is 11.8 Å². The van der Waals surface area contributed by atoms with Crippen molar-refractivity contribution in [2.24, 2.45) is 0 Å². The van der Waals surface area contributed by atoms with E-state index in [1.54, 1.807) is 25.3 Å².